The van der Waals surface area contributed by atoms with E-state index in [1.54, 1.807) is 4.68 Å². The molecule has 0 saturated carbocycles. The second-order valence-electron chi connectivity index (χ2n) is 5.47. The Balaban J connectivity index is 2.28. The number of carbonyl (C=O) groups is 2. The van der Waals surface area contributed by atoms with Crippen LogP contribution in [0.5, 0.6) is 0 Å². The predicted molar refractivity (Wildman–Crippen MR) is 99.2 cm³/mol. The Morgan fingerprint density at radius 3 is 2.62 bits per heavy atom. The second-order valence-corrected chi connectivity index (χ2v) is 8.48. The van der Waals surface area contributed by atoms with Gasteiger partial charge in [-0.25, -0.2) is 9.48 Å². The highest BCUT2D eigenvalue weighted by atomic mass is 32.2. The van der Waals surface area contributed by atoms with E-state index < -0.39 is 17.2 Å². The number of amides is 3. The van der Waals surface area contributed by atoms with E-state index in [0.717, 1.165) is 11.3 Å². The number of urea groups is 1. The van der Waals surface area contributed by atoms with Crippen molar-refractivity contribution < 1.29 is 9.59 Å². The molecule has 0 bridgehead atoms. The van der Waals surface area contributed by atoms with E-state index in [1.165, 1.54) is 23.1 Å². The SMILES string of the molecule is Cc1ccccc1-n1nc(S[C@H](C(=O)NC(N)=O)C(C)C)sc1=S. The summed E-state index contributed by atoms with van der Waals surface area (Å²) >= 11 is 8.02. The van der Waals surface area contributed by atoms with Gasteiger partial charge in [0.25, 0.3) is 0 Å². The normalized spacial score (nSPS) is 12.2. The number of rotatable bonds is 5. The van der Waals surface area contributed by atoms with Crippen molar-refractivity contribution in [3.05, 3.63) is 33.8 Å². The number of nitrogens with two attached hydrogens (primary N) is 1. The zero-order chi connectivity index (χ0) is 17.9. The molecule has 0 aliphatic heterocycles. The standard InChI is InChI=1S/C15H18N4O2S3/c1-8(2)11(12(20)17-13(16)21)23-14-18-19(15(22)24-14)10-7-5-4-6-9(10)3/h4-8,11H,1-3H3,(H3,16,17,20,21)/t11-/m0/s1. The molecule has 2 aromatic rings. The molecule has 0 aliphatic rings. The fraction of sp³-hybridized carbons (Fsp3) is 0.333. The second kappa shape index (κ2) is 7.91. The van der Waals surface area contributed by atoms with Crippen LogP contribution < -0.4 is 11.1 Å². The van der Waals surface area contributed by atoms with Crippen molar-refractivity contribution in [2.75, 3.05) is 0 Å². The van der Waals surface area contributed by atoms with Crippen LogP contribution in [0.25, 0.3) is 5.69 Å². The number of benzene rings is 1. The van der Waals surface area contributed by atoms with E-state index in [0.29, 0.717) is 8.29 Å². The Bertz CT molecular complexity index is 813. The molecule has 0 radical (unpaired) electrons. The van der Waals surface area contributed by atoms with Crippen LogP contribution in [0.3, 0.4) is 0 Å². The fourth-order valence-corrected chi connectivity index (χ4v) is 4.61. The number of imide groups is 1. The molecule has 1 aromatic heterocycles. The van der Waals surface area contributed by atoms with Crippen molar-refractivity contribution in [2.45, 2.75) is 30.4 Å². The number of nitrogens with one attached hydrogen (secondary N) is 1. The van der Waals surface area contributed by atoms with Crippen LogP contribution >= 0.6 is 35.3 Å². The average Bonchev–Trinajstić information content (AvgIpc) is 2.85. The van der Waals surface area contributed by atoms with Crippen molar-refractivity contribution in [1.29, 1.82) is 0 Å². The van der Waals surface area contributed by atoms with Gasteiger partial charge in [0.2, 0.25) is 5.91 Å². The highest BCUT2D eigenvalue weighted by molar-refractivity contribution is 8.02. The third-order valence-corrected chi connectivity index (χ3v) is 6.07. The molecule has 1 atom stereocenters. The maximum absolute atomic E-state index is 12.1. The van der Waals surface area contributed by atoms with Crippen LogP contribution in [0.15, 0.2) is 28.6 Å². The molecule has 2 rings (SSSR count). The molecule has 1 aromatic carbocycles. The van der Waals surface area contributed by atoms with Crippen molar-refractivity contribution in [1.82, 2.24) is 15.1 Å². The maximum Gasteiger partial charge on any atom is 0.318 e. The summed E-state index contributed by atoms with van der Waals surface area (Å²) in [6, 6.07) is 6.95. The molecule has 0 saturated heterocycles. The van der Waals surface area contributed by atoms with Gasteiger partial charge in [-0.3, -0.25) is 10.1 Å². The summed E-state index contributed by atoms with van der Waals surface area (Å²) in [7, 11) is 0. The van der Waals surface area contributed by atoms with Crippen LogP contribution in [-0.2, 0) is 4.79 Å². The molecule has 128 valence electrons. The van der Waals surface area contributed by atoms with Crippen molar-refractivity contribution in [2.24, 2.45) is 11.7 Å². The minimum atomic E-state index is -0.857. The third-order valence-electron chi connectivity index (χ3n) is 3.21. The number of hydrogen-bond acceptors (Lipinski definition) is 6. The molecular weight excluding hydrogens is 364 g/mol. The molecule has 0 spiro atoms. The summed E-state index contributed by atoms with van der Waals surface area (Å²) in [5, 5.41) is 6.17. The van der Waals surface area contributed by atoms with Gasteiger partial charge in [0, 0.05) is 0 Å². The summed E-state index contributed by atoms with van der Waals surface area (Å²) in [6.07, 6.45) is 0. The van der Waals surface area contributed by atoms with Gasteiger partial charge in [-0.05, 0) is 36.7 Å². The van der Waals surface area contributed by atoms with Crippen molar-refractivity contribution >= 4 is 47.3 Å². The van der Waals surface area contributed by atoms with E-state index in [-0.39, 0.29) is 5.92 Å². The highest BCUT2D eigenvalue weighted by Gasteiger charge is 2.26. The smallest absolute Gasteiger partial charge is 0.318 e. The van der Waals surface area contributed by atoms with Crippen LogP contribution in [0.2, 0.25) is 0 Å². The van der Waals surface area contributed by atoms with Crippen molar-refractivity contribution in [3.63, 3.8) is 0 Å². The molecule has 24 heavy (non-hydrogen) atoms. The Labute approximate surface area is 153 Å². The first-order chi connectivity index (χ1) is 11.3. The van der Waals surface area contributed by atoms with Gasteiger partial charge in [-0.2, -0.15) is 0 Å². The monoisotopic (exact) mass is 382 g/mol. The molecule has 0 fully saturated rings. The van der Waals surface area contributed by atoms with Gasteiger partial charge in [-0.15, -0.1) is 5.10 Å². The van der Waals surface area contributed by atoms with E-state index in [2.05, 4.69) is 10.4 Å². The summed E-state index contributed by atoms with van der Waals surface area (Å²) in [4.78, 5) is 23.0. The predicted octanol–water partition coefficient (Wildman–Crippen LogP) is 3.28. The largest absolute Gasteiger partial charge is 0.351 e. The fourth-order valence-electron chi connectivity index (χ4n) is 2.06. The van der Waals surface area contributed by atoms with Crippen LogP contribution in [0, 0.1) is 16.8 Å². The summed E-state index contributed by atoms with van der Waals surface area (Å²) < 4.78 is 2.97. The average molecular weight is 383 g/mol. The maximum atomic E-state index is 12.1. The number of aryl methyl sites for hydroxylation is 1. The summed E-state index contributed by atoms with van der Waals surface area (Å²) in [6.45, 7) is 5.78. The summed E-state index contributed by atoms with van der Waals surface area (Å²) in [5.74, 6) is -0.426. The number of primary amides is 1. The molecule has 6 nitrogen and oxygen atoms in total. The molecule has 0 aliphatic carbocycles. The lowest BCUT2D eigenvalue weighted by molar-refractivity contribution is -0.120. The Hall–Kier alpha value is -1.71. The van der Waals surface area contributed by atoms with Crippen LogP contribution in [0.1, 0.15) is 19.4 Å². The van der Waals surface area contributed by atoms with Gasteiger partial charge >= 0.3 is 6.03 Å². The molecule has 3 N–H and O–H groups in total. The third kappa shape index (κ3) is 4.43. The van der Waals surface area contributed by atoms with Crippen LogP contribution in [-0.4, -0.2) is 27.0 Å². The van der Waals surface area contributed by atoms with E-state index >= 15 is 0 Å². The number of nitrogens with zero attached hydrogens (tertiary/aromatic N) is 2. The lowest BCUT2D eigenvalue weighted by Gasteiger charge is -2.17. The van der Waals surface area contributed by atoms with Gasteiger partial charge in [0.15, 0.2) is 8.29 Å². The number of hydrogen-bond donors (Lipinski definition) is 2. The van der Waals surface area contributed by atoms with Gasteiger partial charge < -0.3 is 5.73 Å². The quantitative estimate of drug-likeness (QED) is 0.612. The number of para-hydroxylation sites is 1. The summed E-state index contributed by atoms with van der Waals surface area (Å²) in [5.41, 5.74) is 7.00. The lowest BCUT2D eigenvalue weighted by atomic mass is 10.1. The molecule has 3 amide bonds. The topological polar surface area (TPSA) is 90.0 Å². The number of thioether (sulfide) groups is 1. The Morgan fingerprint density at radius 1 is 1.38 bits per heavy atom. The molecule has 9 heteroatoms. The first-order valence-electron chi connectivity index (χ1n) is 7.22. The molecule has 1 heterocycles. The number of aromatic nitrogens is 2. The zero-order valence-electron chi connectivity index (χ0n) is 13.5. The Morgan fingerprint density at radius 2 is 2.04 bits per heavy atom. The first-order valence-corrected chi connectivity index (χ1v) is 9.33. The lowest BCUT2D eigenvalue weighted by Crippen LogP contribution is -2.42. The van der Waals surface area contributed by atoms with E-state index in [4.69, 9.17) is 18.0 Å². The highest BCUT2D eigenvalue weighted by Crippen LogP contribution is 2.31. The van der Waals surface area contributed by atoms with E-state index in [9.17, 15) is 9.59 Å². The van der Waals surface area contributed by atoms with Gasteiger partial charge in [0.1, 0.15) is 0 Å². The van der Waals surface area contributed by atoms with Gasteiger partial charge in [-0.1, -0.05) is 55.1 Å². The molecular formula is C15H18N4O2S3. The van der Waals surface area contributed by atoms with E-state index in [1.807, 2.05) is 45.0 Å². The van der Waals surface area contributed by atoms with Crippen LogP contribution in [0.4, 0.5) is 4.79 Å². The molecule has 0 unspecified atom stereocenters. The van der Waals surface area contributed by atoms with Gasteiger partial charge in [0.05, 0.1) is 10.9 Å². The Kier molecular flexibility index (Phi) is 6.14. The zero-order valence-corrected chi connectivity index (χ0v) is 15.9. The first kappa shape index (κ1) is 18.6. The minimum Gasteiger partial charge on any atom is -0.351 e. The van der Waals surface area contributed by atoms with Crippen molar-refractivity contribution in [3.8, 4) is 5.69 Å². The minimum absolute atomic E-state index is 0.00117. The number of carbonyl (C=O) groups excluding carboxylic acids is 2.